The van der Waals surface area contributed by atoms with Crippen LogP contribution < -0.4 is 0 Å². The van der Waals surface area contributed by atoms with Crippen LogP contribution in [0.3, 0.4) is 0 Å². The molecule has 0 N–H and O–H groups in total. The summed E-state index contributed by atoms with van der Waals surface area (Å²) in [5, 5.41) is 2.71. The second kappa shape index (κ2) is 9.90. The summed E-state index contributed by atoms with van der Waals surface area (Å²) in [5.74, 6) is 0.0913. The summed E-state index contributed by atoms with van der Waals surface area (Å²) in [6, 6.07) is 19.8. The maximum Gasteiger partial charge on any atom is 0.254 e. The van der Waals surface area contributed by atoms with Gasteiger partial charge in [-0.3, -0.25) is 14.5 Å². The molecule has 0 spiro atoms. The number of fused-ring (bicyclic) bond motifs is 1. The molecule has 2 amide bonds. The van der Waals surface area contributed by atoms with Crippen molar-refractivity contribution in [3.8, 4) is 0 Å². The number of thiophene rings is 1. The van der Waals surface area contributed by atoms with Gasteiger partial charge in [0.1, 0.15) is 0 Å². The molecule has 34 heavy (non-hydrogen) atoms. The number of amides is 2. The van der Waals surface area contributed by atoms with E-state index in [0.717, 1.165) is 13.0 Å². The summed E-state index contributed by atoms with van der Waals surface area (Å²) in [6.45, 7) is 4.86. The number of halogens is 1. The molecule has 2 aliphatic rings. The maximum atomic E-state index is 13.4. The molecule has 1 saturated heterocycles. The highest BCUT2D eigenvalue weighted by Gasteiger charge is 2.34. The average molecular weight is 494 g/mol. The van der Waals surface area contributed by atoms with Crippen LogP contribution in [-0.4, -0.2) is 65.3 Å². The van der Waals surface area contributed by atoms with E-state index in [1.165, 1.54) is 16.0 Å². The van der Waals surface area contributed by atoms with Crippen molar-refractivity contribution >= 4 is 34.8 Å². The average Bonchev–Trinajstić information content (AvgIpc) is 3.33. The molecule has 0 bridgehead atoms. The molecule has 5 nitrogen and oxygen atoms in total. The number of benzene rings is 2. The van der Waals surface area contributed by atoms with E-state index >= 15 is 0 Å². The zero-order valence-electron chi connectivity index (χ0n) is 19.2. The van der Waals surface area contributed by atoms with Gasteiger partial charge in [0.15, 0.2) is 0 Å². The summed E-state index contributed by atoms with van der Waals surface area (Å²) in [6.07, 6.45) is 0.974. The lowest BCUT2D eigenvalue weighted by molar-refractivity contribution is -0.135. The molecule has 7 heteroatoms. The highest BCUT2D eigenvalue weighted by Crippen LogP contribution is 2.37. The van der Waals surface area contributed by atoms with Gasteiger partial charge in [-0.15, -0.1) is 11.3 Å². The van der Waals surface area contributed by atoms with Crippen molar-refractivity contribution < 1.29 is 9.59 Å². The summed E-state index contributed by atoms with van der Waals surface area (Å²) < 4.78 is 0. The standard InChI is InChI=1S/C27H28ClN3O2S/c1-19-17-29(13-14-31(19)27(33)21-8-5-9-22(28)16-21)25(32)18-30-12-10-24-23(11-15-34-24)26(30)20-6-3-2-4-7-20/h2-9,11,15-16,19,26H,10,12-14,17-18H2,1H3. The van der Waals surface area contributed by atoms with Gasteiger partial charge in [-0.25, -0.2) is 0 Å². The first-order valence-electron chi connectivity index (χ1n) is 11.7. The molecule has 0 saturated carbocycles. The number of piperazine rings is 1. The van der Waals surface area contributed by atoms with Crippen molar-refractivity contribution in [2.75, 3.05) is 32.7 Å². The minimum Gasteiger partial charge on any atom is -0.338 e. The number of rotatable bonds is 4. The number of hydrogen-bond donors (Lipinski definition) is 0. The highest BCUT2D eigenvalue weighted by atomic mass is 35.5. The first kappa shape index (κ1) is 23.1. The van der Waals surface area contributed by atoms with Crippen LogP contribution in [0.4, 0.5) is 0 Å². The van der Waals surface area contributed by atoms with Crippen LogP contribution in [-0.2, 0) is 11.2 Å². The highest BCUT2D eigenvalue weighted by molar-refractivity contribution is 7.10. The Morgan fingerprint density at radius 1 is 1.03 bits per heavy atom. The number of hydrogen-bond acceptors (Lipinski definition) is 4. The van der Waals surface area contributed by atoms with Crippen LogP contribution in [0.2, 0.25) is 5.02 Å². The number of carbonyl (C=O) groups excluding carboxylic acids is 2. The third kappa shape index (κ3) is 4.63. The first-order valence-corrected chi connectivity index (χ1v) is 13.0. The van der Waals surface area contributed by atoms with Gasteiger partial charge in [-0.1, -0.05) is 48.0 Å². The Labute approximate surface area is 209 Å². The predicted octanol–water partition coefficient (Wildman–Crippen LogP) is 4.72. The van der Waals surface area contributed by atoms with Crippen molar-refractivity contribution in [3.63, 3.8) is 0 Å². The predicted molar refractivity (Wildman–Crippen MR) is 136 cm³/mol. The van der Waals surface area contributed by atoms with Gasteiger partial charge in [-0.05, 0) is 54.1 Å². The minimum atomic E-state index is -0.0565. The zero-order valence-corrected chi connectivity index (χ0v) is 20.8. The van der Waals surface area contributed by atoms with Crippen LogP contribution in [0.15, 0.2) is 66.0 Å². The molecule has 2 aliphatic heterocycles. The third-order valence-electron chi connectivity index (χ3n) is 6.83. The van der Waals surface area contributed by atoms with Crippen molar-refractivity contribution in [2.24, 2.45) is 0 Å². The maximum absolute atomic E-state index is 13.4. The molecule has 2 aromatic carbocycles. The van der Waals surface area contributed by atoms with Crippen LogP contribution in [0.1, 0.15) is 39.3 Å². The molecule has 176 valence electrons. The van der Waals surface area contributed by atoms with Crippen molar-refractivity contribution in [2.45, 2.75) is 25.4 Å². The lowest BCUT2D eigenvalue weighted by Gasteiger charge is -2.42. The van der Waals surface area contributed by atoms with Gasteiger partial charge in [0.05, 0.1) is 12.6 Å². The summed E-state index contributed by atoms with van der Waals surface area (Å²) >= 11 is 7.88. The van der Waals surface area contributed by atoms with E-state index in [2.05, 4.69) is 40.6 Å². The summed E-state index contributed by atoms with van der Waals surface area (Å²) in [4.78, 5) is 33.9. The van der Waals surface area contributed by atoms with Crippen LogP contribution in [0.25, 0.3) is 0 Å². The Kier molecular flexibility index (Phi) is 6.73. The topological polar surface area (TPSA) is 43.9 Å². The lowest BCUT2D eigenvalue weighted by Crippen LogP contribution is -2.57. The van der Waals surface area contributed by atoms with Gasteiger partial charge in [0, 0.05) is 47.7 Å². The molecule has 0 radical (unpaired) electrons. The van der Waals surface area contributed by atoms with Crippen LogP contribution >= 0.6 is 22.9 Å². The largest absolute Gasteiger partial charge is 0.338 e. The van der Waals surface area contributed by atoms with E-state index in [4.69, 9.17) is 11.6 Å². The monoisotopic (exact) mass is 493 g/mol. The van der Waals surface area contributed by atoms with Gasteiger partial charge in [0.25, 0.3) is 5.91 Å². The van der Waals surface area contributed by atoms with Gasteiger partial charge < -0.3 is 9.80 Å². The fraction of sp³-hybridized carbons (Fsp3) is 0.333. The van der Waals surface area contributed by atoms with Crippen molar-refractivity contribution in [1.82, 2.24) is 14.7 Å². The summed E-state index contributed by atoms with van der Waals surface area (Å²) in [5.41, 5.74) is 3.13. The van der Waals surface area contributed by atoms with Gasteiger partial charge >= 0.3 is 0 Å². The molecular weight excluding hydrogens is 466 g/mol. The fourth-order valence-corrected chi connectivity index (χ4v) is 6.21. The van der Waals surface area contributed by atoms with E-state index in [-0.39, 0.29) is 23.9 Å². The molecule has 3 heterocycles. The SMILES string of the molecule is CC1CN(C(=O)CN2CCc3sccc3C2c2ccccc2)CCN1C(=O)c1cccc(Cl)c1. The molecule has 3 aromatic rings. The Bertz CT molecular complexity index is 1180. The van der Waals surface area contributed by atoms with E-state index in [9.17, 15) is 9.59 Å². The van der Waals surface area contributed by atoms with E-state index < -0.39 is 0 Å². The van der Waals surface area contributed by atoms with Crippen LogP contribution in [0, 0.1) is 0 Å². The van der Waals surface area contributed by atoms with E-state index in [1.807, 2.05) is 34.1 Å². The molecule has 2 unspecified atom stereocenters. The quantitative estimate of drug-likeness (QED) is 0.528. The Balaban J connectivity index is 1.27. The zero-order chi connectivity index (χ0) is 23.7. The van der Waals surface area contributed by atoms with Crippen molar-refractivity contribution in [3.05, 3.63) is 92.6 Å². The lowest BCUT2D eigenvalue weighted by atomic mass is 9.93. The van der Waals surface area contributed by atoms with Crippen molar-refractivity contribution in [1.29, 1.82) is 0 Å². The van der Waals surface area contributed by atoms with Crippen LogP contribution in [0.5, 0.6) is 0 Å². The Hall–Kier alpha value is -2.67. The minimum absolute atomic E-state index is 0.0349. The molecule has 5 rings (SSSR count). The Morgan fingerprint density at radius 2 is 1.85 bits per heavy atom. The normalized spacial score (nSPS) is 20.8. The van der Waals surface area contributed by atoms with Gasteiger partial charge in [-0.2, -0.15) is 0 Å². The molecular formula is C27H28ClN3O2S. The second-order valence-corrected chi connectivity index (χ2v) is 10.5. The second-order valence-electron chi connectivity index (χ2n) is 9.03. The van der Waals surface area contributed by atoms with E-state index in [1.54, 1.807) is 24.3 Å². The fourth-order valence-electron chi connectivity index (χ4n) is 5.11. The first-order chi connectivity index (χ1) is 16.5. The van der Waals surface area contributed by atoms with E-state index in [0.29, 0.717) is 36.8 Å². The number of carbonyl (C=O) groups is 2. The Morgan fingerprint density at radius 3 is 2.62 bits per heavy atom. The molecule has 0 aliphatic carbocycles. The summed E-state index contributed by atoms with van der Waals surface area (Å²) in [7, 11) is 0. The van der Waals surface area contributed by atoms with Gasteiger partial charge in [0.2, 0.25) is 5.91 Å². The molecule has 2 atom stereocenters. The molecule has 1 fully saturated rings. The third-order valence-corrected chi connectivity index (χ3v) is 8.06. The molecule has 1 aromatic heterocycles. The number of nitrogens with zero attached hydrogens (tertiary/aromatic N) is 3. The smallest absolute Gasteiger partial charge is 0.254 e.